The lowest BCUT2D eigenvalue weighted by Gasteiger charge is -2.13. The Morgan fingerprint density at radius 2 is 1.62 bits per heavy atom. The molecule has 0 saturated carbocycles. The molecule has 0 aromatic heterocycles. The van der Waals surface area contributed by atoms with Crippen LogP contribution in [0, 0.1) is 6.92 Å². The van der Waals surface area contributed by atoms with Crippen LogP contribution in [0.3, 0.4) is 0 Å². The Hall–Kier alpha value is -3.15. The van der Waals surface area contributed by atoms with Gasteiger partial charge in [-0.25, -0.2) is 5.43 Å². The summed E-state index contributed by atoms with van der Waals surface area (Å²) >= 11 is 0. The molecule has 2 rings (SSSR count). The van der Waals surface area contributed by atoms with E-state index in [-0.39, 0.29) is 18.2 Å². The van der Waals surface area contributed by atoms with E-state index < -0.39 is 0 Å². The van der Waals surface area contributed by atoms with Crippen molar-refractivity contribution in [3.05, 3.63) is 59.7 Å². The number of aryl methyl sites for hydroxylation is 1. The topological polar surface area (TPSA) is 73.8 Å². The van der Waals surface area contributed by atoms with Crippen LogP contribution < -0.4 is 15.6 Å². The molecule has 0 saturated heterocycles. The molecular formula is C20H24N4O2. The van der Waals surface area contributed by atoms with Gasteiger partial charge in [-0.1, -0.05) is 17.7 Å². The minimum Gasteiger partial charge on any atom is -0.378 e. The Bertz CT molecular complexity index is 794. The molecule has 0 spiro atoms. The summed E-state index contributed by atoms with van der Waals surface area (Å²) in [5.74, 6) is -0.488. The van der Waals surface area contributed by atoms with E-state index in [1.807, 2.05) is 62.3 Å². The second-order valence-corrected chi connectivity index (χ2v) is 6.32. The Balaban J connectivity index is 1.86. The van der Waals surface area contributed by atoms with Gasteiger partial charge in [0.05, 0.1) is 6.42 Å². The molecule has 0 fully saturated rings. The van der Waals surface area contributed by atoms with Gasteiger partial charge in [0.2, 0.25) is 5.91 Å². The average molecular weight is 352 g/mol. The number of benzene rings is 2. The highest BCUT2D eigenvalue weighted by molar-refractivity contribution is 6.06. The van der Waals surface area contributed by atoms with Gasteiger partial charge in [0.15, 0.2) is 0 Å². The first-order valence-corrected chi connectivity index (χ1v) is 8.32. The molecule has 0 bridgehead atoms. The Morgan fingerprint density at radius 3 is 2.19 bits per heavy atom. The first-order valence-electron chi connectivity index (χ1n) is 8.32. The molecule has 0 heterocycles. The average Bonchev–Trinajstić information content (AvgIpc) is 2.60. The minimum absolute atomic E-state index is 0.101. The number of hydrogen-bond donors (Lipinski definition) is 2. The van der Waals surface area contributed by atoms with E-state index in [9.17, 15) is 9.59 Å². The van der Waals surface area contributed by atoms with Crippen molar-refractivity contribution >= 4 is 28.9 Å². The smallest absolute Gasteiger partial charge is 0.271 e. The van der Waals surface area contributed by atoms with E-state index in [1.165, 1.54) is 0 Å². The minimum atomic E-state index is -0.302. The summed E-state index contributed by atoms with van der Waals surface area (Å²) in [4.78, 5) is 26.1. The summed E-state index contributed by atoms with van der Waals surface area (Å²) in [6.45, 7) is 3.65. The van der Waals surface area contributed by atoms with Crippen LogP contribution in [0.25, 0.3) is 0 Å². The molecule has 2 N–H and O–H groups in total. The number of anilines is 2. The predicted octanol–water partition coefficient (Wildman–Crippen LogP) is 3.20. The van der Waals surface area contributed by atoms with Gasteiger partial charge >= 0.3 is 0 Å². The fourth-order valence-corrected chi connectivity index (χ4v) is 2.24. The molecule has 2 aromatic carbocycles. The van der Waals surface area contributed by atoms with Crippen molar-refractivity contribution in [3.8, 4) is 0 Å². The van der Waals surface area contributed by atoms with Crippen LogP contribution >= 0.6 is 0 Å². The van der Waals surface area contributed by atoms with Crippen LogP contribution in [0.2, 0.25) is 0 Å². The maximum absolute atomic E-state index is 12.1. The van der Waals surface area contributed by atoms with Crippen molar-refractivity contribution in [2.45, 2.75) is 20.3 Å². The summed E-state index contributed by atoms with van der Waals surface area (Å²) in [7, 11) is 3.91. The van der Waals surface area contributed by atoms with Gasteiger partial charge in [0.25, 0.3) is 5.91 Å². The molecule has 0 unspecified atom stereocenters. The molecule has 2 aromatic rings. The van der Waals surface area contributed by atoms with Gasteiger partial charge in [0.1, 0.15) is 0 Å². The SMILES string of the molecule is C/C(CC(=O)Nc1ccc(N(C)C)cc1)=N\NC(=O)c1ccc(C)cc1. The molecule has 0 aliphatic heterocycles. The summed E-state index contributed by atoms with van der Waals surface area (Å²) in [6.07, 6.45) is 0.101. The van der Waals surface area contributed by atoms with Gasteiger partial charge in [-0.2, -0.15) is 5.10 Å². The van der Waals surface area contributed by atoms with E-state index in [0.717, 1.165) is 16.9 Å². The van der Waals surface area contributed by atoms with E-state index in [4.69, 9.17) is 0 Å². The summed E-state index contributed by atoms with van der Waals surface area (Å²) in [5, 5.41) is 6.80. The number of carbonyl (C=O) groups is 2. The van der Waals surface area contributed by atoms with Crippen molar-refractivity contribution in [1.29, 1.82) is 0 Å². The number of nitrogens with one attached hydrogen (secondary N) is 2. The predicted molar refractivity (Wildman–Crippen MR) is 106 cm³/mol. The standard InChI is InChI=1S/C20H24N4O2/c1-14-5-7-16(8-6-14)20(26)23-22-15(2)13-19(25)21-17-9-11-18(12-10-17)24(3)4/h5-12H,13H2,1-4H3,(H,21,25)(H,23,26)/b22-15+. The molecule has 136 valence electrons. The van der Waals surface area contributed by atoms with Crippen molar-refractivity contribution in [2.24, 2.45) is 5.10 Å². The number of nitrogens with zero attached hydrogens (tertiary/aromatic N) is 2. The molecule has 6 heteroatoms. The molecule has 0 aliphatic rings. The Morgan fingerprint density at radius 1 is 1.00 bits per heavy atom. The molecule has 0 aliphatic carbocycles. The van der Waals surface area contributed by atoms with E-state index in [1.54, 1.807) is 19.1 Å². The fourth-order valence-electron chi connectivity index (χ4n) is 2.24. The third kappa shape index (κ3) is 5.73. The highest BCUT2D eigenvalue weighted by atomic mass is 16.2. The Labute approximate surface area is 153 Å². The van der Waals surface area contributed by atoms with Gasteiger partial charge in [-0.3, -0.25) is 9.59 Å². The number of rotatable bonds is 6. The van der Waals surface area contributed by atoms with Crippen molar-refractivity contribution in [1.82, 2.24) is 5.43 Å². The second kappa shape index (κ2) is 8.80. The summed E-state index contributed by atoms with van der Waals surface area (Å²) < 4.78 is 0. The van der Waals surface area contributed by atoms with Crippen LogP contribution in [0.5, 0.6) is 0 Å². The zero-order valence-corrected chi connectivity index (χ0v) is 15.5. The highest BCUT2D eigenvalue weighted by Gasteiger charge is 2.07. The number of amides is 2. The molecule has 2 amide bonds. The lowest BCUT2D eigenvalue weighted by Crippen LogP contribution is -2.21. The van der Waals surface area contributed by atoms with Crippen molar-refractivity contribution in [3.63, 3.8) is 0 Å². The maximum Gasteiger partial charge on any atom is 0.271 e. The fraction of sp³-hybridized carbons (Fsp3) is 0.250. The van der Waals surface area contributed by atoms with Gasteiger partial charge in [-0.05, 0) is 50.2 Å². The number of hydrogen-bond acceptors (Lipinski definition) is 4. The van der Waals surface area contributed by atoms with Crippen molar-refractivity contribution in [2.75, 3.05) is 24.3 Å². The second-order valence-electron chi connectivity index (χ2n) is 6.32. The lowest BCUT2D eigenvalue weighted by molar-refractivity contribution is -0.115. The van der Waals surface area contributed by atoms with Gasteiger partial charge in [0, 0.05) is 36.7 Å². The maximum atomic E-state index is 12.1. The number of hydrazone groups is 1. The summed E-state index contributed by atoms with van der Waals surface area (Å²) in [6, 6.07) is 14.7. The summed E-state index contributed by atoms with van der Waals surface area (Å²) in [5.41, 5.74) is 6.37. The van der Waals surface area contributed by atoms with Crippen LogP contribution in [0.4, 0.5) is 11.4 Å². The third-order valence-corrected chi connectivity index (χ3v) is 3.75. The van der Waals surface area contributed by atoms with E-state index in [2.05, 4.69) is 15.8 Å². The largest absolute Gasteiger partial charge is 0.378 e. The number of carbonyl (C=O) groups excluding carboxylic acids is 2. The zero-order chi connectivity index (χ0) is 19.1. The normalized spacial score (nSPS) is 11.0. The molecule has 0 radical (unpaired) electrons. The van der Waals surface area contributed by atoms with Gasteiger partial charge < -0.3 is 10.2 Å². The van der Waals surface area contributed by atoms with Gasteiger partial charge in [-0.15, -0.1) is 0 Å². The van der Waals surface area contributed by atoms with Crippen LogP contribution in [0.15, 0.2) is 53.6 Å². The highest BCUT2D eigenvalue weighted by Crippen LogP contribution is 2.15. The van der Waals surface area contributed by atoms with Crippen LogP contribution in [0.1, 0.15) is 29.3 Å². The van der Waals surface area contributed by atoms with Crippen LogP contribution in [-0.2, 0) is 4.79 Å². The van der Waals surface area contributed by atoms with E-state index in [0.29, 0.717) is 11.3 Å². The monoisotopic (exact) mass is 352 g/mol. The third-order valence-electron chi connectivity index (χ3n) is 3.75. The molecular weight excluding hydrogens is 328 g/mol. The lowest BCUT2D eigenvalue weighted by atomic mass is 10.1. The molecule has 6 nitrogen and oxygen atoms in total. The molecule has 0 atom stereocenters. The first-order chi connectivity index (χ1) is 12.3. The quantitative estimate of drug-likeness (QED) is 0.619. The van der Waals surface area contributed by atoms with Crippen LogP contribution in [-0.4, -0.2) is 31.6 Å². The first kappa shape index (κ1) is 19.2. The van der Waals surface area contributed by atoms with E-state index >= 15 is 0 Å². The molecule has 26 heavy (non-hydrogen) atoms. The van der Waals surface area contributed by atoms with Crippen molar-refractivity contribution < 1.29 is 9.59 Å². The Kier molecular flexibility index (Phi) is 6.49. The zero-order valence-electron chi connectivity index (χ0n) is 15.5.